The van der Waals surface area contributed by atoms with Crippen molar-refractivity contribution in [1.82, 2.24) is 24.6 Å². The topological polar surface area (TPSA) is 81.8 Å². The minimum absolute atomic E-state index is 0.0889. The van der Waals surface area contributed by atoms with Gasteiger partial charge in [-0.1, -0.05) is 24.3 Å². The van der Waals surface area contributed by atoms with Gasteiger partial charge in [0.25, 0.3) is 11.5 Å². The maximum Gasteiger partial charge on any atom is 0.264 e. The van der Waals surface area contributed by atoms with Gasteiger partial charge in [-0.3, -0.25) is 14.2 Å². The number of nitrogens with zero attached hydrogens (tertiary/aromatic N) is 4. The molecule has 31 heavy (non-hydrogen) atoms. The van der Waals surface area contributed by atoms with E-state index in [0.717, 1.165) is 11.1 Å². The van der Waals surface area contributed by atoms with E-state index in [1.54, 1.807) is 28.9 Å². The number of benzene rings is 2. The number of halogens is 1. The summed E-state index contributed by atoms with van der Waals surface area (Å²) in [6, 6.07) is 11.9. The van der Waals surface area contributed by atoms with Crippen LogP contribution in [0.5, 0.6) is 0 Å². The molecule has 0 aliphatic carbocycles. The summed E-state index contributed by atoms with van der Waals surface area (Å²) in [5, 5.41) is 7.44. The van der Waals surface area contributed by atoms with Crippen LogP contribution >= 0.6 is 0 Å². The highest BCUT2D eigenvalue weighted by molar-refractivity contribution is 5.94. The molecule has 0 saturated heterocycles. The predicted octanol–water partition coefficient (Wildman–Crippen LogP) is 2.83. The first-order valence-corrected chi connectivity index (χ1v) is 9.94. The quantitative estimate of drug-likeness (QED) is 0.521. The van der Waals surface area contributed by atoms with Gasteiger partial charge in [0.05, 0.1) is 19.3 Å². The van der Waals surface area contributed by atoms with Crippen LogP contribution in [0.1, 0.15) is 27.0 Å². The lowest BCUT2D eigenvalue weighted by molar-refractivity contribution is 0.0952. The number of carbonyl (C=O) groups is 1. The first kappa shape index (κ1) is 20.5. The Labute approximate surface area is 178 Å². The van der Waals surface area contributed by atoms with Crippen molar-refractivity contribution in [2.45, 2.75) is 26.9 Å². The number of fused-ring (bicyclic) bond motifs is 1. The molecular weight excluding hydrogens is 397 g/mol. The molecule has 0 unspecified atom stereocenters. The number of hydrogen-bond donors (Lipinski definition) is 1. The van der Waals surface area contributed by atoms with Crippen molar-refractivity contribution in [3.05, 3.63) is 93.4 Å². The molecule has 7 nitrogen and oxygen atoms in total. The number of rotatable bonds is 6. The maximum atomic E-state index is 13.9. The Morgan fingerprint density at radius 2 is 1.94 bits per heavy atom. The van der Waals surface area contributed by atoms with E-state index in [2.05, 4.69) is 15.4 Å². The van der Waals surface area contributed by atoms with E-state index >= 15 is 0 Å². The summed E-state index contributed by atoms with van der Waals surface area (Å²) in [5.41, 5.74) is 3.33. The van der Waals surface area contributed by atoms with E-state index in [1.165, 1.54) is 23.2 Å². The summed E-state index contributed by atoms with van der Waals surface area (Å²) >= 11 is 0. The minimum Gasteiger partial charge on any atom is -0.350 e. The van der Waals surface area contributed by atoms with Gasteiger partial charge in [0, 0.05) is 17.7 Å². The van der Waals surface area contributed by atoms with Gasteiger partial charge in [0.15, 0.2) is 5.65 Å². The molecule has 2 aromatic heterocycles. The molecule has 4 aromatic rings. The molecule has 1 N–H and O–H groups in total. The van der Waals surface area contributed by atoms with Crippen LogP contribution < -0.4 is 10.9 Å². The van der Waals surface area contributed by atoms with E-state index in [-0.39, 0.29) is 23.8 Å². The normalized spacial score (nSPS) is 11.1. The molecule has 2 aromatic carbocycles. The maximum absolute atomic E-state index is 13.9. The number of carbonyl (C=O) groups excluding carboxylic acids is 1. The third-order valence-corrected chi connectivity index (χ3v) is 5.30. The Balaban J connectivity index is 1.46. The van der Waals surface area contributed by atoms with E-state index < -0.39 is 0 Å². The first-order valence-electron chi connectivity index (χ1n) is 9.94. The second-order valence-electron chi connectivity index (χ2n) is 7.43. The van der Waals surface area contributed by atoms with Crippen LogP contribution in [-0.4, -0.2) is 31.8 Å². The van der Waals surface area contributed by atoms with Crippen molar-refractivity contribution in [2.24, 2.45) is 0 Å². The Morgan fingerprint density at radius 1 is 1.13 bits per heavy atom. The molecule has 0 bridgehead atoms. The standard InChI is InChI=1S/C23H22FN5O2/c1-15-7-8-17(11-16(15)2)22(30)25-9-10-29-21-19(12-27-29)23(31)28(14-26-21)13-18-5-3-4-6-20(18)24/h3-8,11-12,14H,9-10,13H2,1-2H3,(H,25,30). The minimum atomic E-state index is -0.371. The van der Waals surface area contributed by atoms with Gasteiger partial charge in [-0.15, -0.1) is 0 Å². The molecule has 0 atom stereocenters. The summed E-state index contributed by atoms with van der Waals surface area (Å²) in [7, 11) is 0. The zero-order valence-corrected chi connectivity index (χ0v) is 17.3. The zero-order chi connectivity index (χ0) is 22.0. The molecule has 8 heteroatoms. The Kier molecular flexibility index (Phi) is 5.62. The fourth-order valence-electron chi connectivity index (χ4n) is 3.34. The SMILES string of the molecule is Cc1ccc(C(=O)NCCn2ncc3c(=O)n(Cc4ccccc4F)cnc32)cc1C. The number of aryl methyl sites for hydroxylation is 2. The predicted molar refractivity (Wildman–Crippen MR) is 116 cm³/mol. The van der Waals surface area contributed by atoms with Gasteiger partial charge in [0.1, 0.15) is 17.5 Å². The molecule has 158 valence electrons. The second-order valence-corrected chi connectivity index (χ2v) is 7.43. The van der Waals surface area contributed by atoms with Crippen LogP contribution in [0.2, 0.25) is 0 Å². The lowest BCUT2D eigenvalue weighted by atomic mass is 10.1. The first-order chi connectivity index (χ1) is 14.9. The molecule has 2 heterocycles. The van der Waals surface area contributed by atoms with E-state index in [1.807, 2.05) is 26.0 Å². The highest BCUT2D eigenvalue weighted by atomic mass is 19.1. The number of amides is 1. The van der Waals surface area contributed by atoms with Crippen molar-refractivity contribution in [1.29, 1.82) is 0 Å². The second kappa shape index (κ2) is 8.51. The van der Waals surface area contributed by atoms with Crippen LogP contribution in [0.3, 0.4) is 0 Å². The number of hydrogen-bond acceptors (Lipinski definition) is 4. The summed E-state index contributed by atoms with van der Waals surface area (Å²) in [6.07, 6.45) is 2.84. The average Bonchev–Trinajstić information content (AvgIpc) is 3.17. The molecule has 0 fully saturated rings. The highest BCUT2D eigenvalue weighted by Crippen LogP contribution is 2.11. The molecule has 4 rings (SSSR count). The third-order valence-electron chi connectivity index (χ3n) is 5.30. The summed E-state index contributed by atoms with van der Waals surface area (Å²) in [6.45, 7) is 4.75. The number of nitrogens with one attached hydrogen (secondary N) is 1. The van der Waals surface area contributed by atoms with Crippen LogP contribution in [0.25, 0.3) is 11.0 Å². The lowest BCUT2D eigenvalue weighted by Crippen LogP contribution is -2.28. The molecule has 0 aliphatic rings. The smallest absolute Gasteiger partial charge is 0.264 e. The van der Waals surface area contributed by atoms with Gasteiger partial charge >= 0.3 is 0 Å². The summed E-state index contributed by atoms with van der Waals surface area (Å²) in [4.78, 5) is 29.5. The largest absolute Gasteiger partial charge is 0.350 e. The van der Waals surface area contributed by atoms with Crippen LogP contribution in [0.4, 0.5) is 4.39 Å². The number of aromatic nitrogens is 4. The van der Waals surface area contributed by atoms with E-state index in [0.29, 0.717) is 35.2 Å². The Bertz CT molecular complexity index is 1330. The van der Waals surface area contributed by atoms with Crippen molar-refractivity contribution in [3.63, 3.8) is 0 Å². The van der Waals surface area contributed by atoms with Crippen molar-refractivity contribution >= 4 is 16.9 Å². The van der Waals surface area contributed by atoms with Gasteiger partial charge in [-0.2, -0.15) is 5.10 Å². The Morgan fingerprint density at radius 3 is 2.71 bits per heavy atom. The monoisotopic (exact) mass is 419 g/mol. The molecule has 1 amide bonds. The third kappa shape index (κ3) is 4.23. The molecular formula is C23H22FN5O2. The average molecular weight is 419 g/mol. The molecule has 0 saturated carbocycles. The molecule has 0 spiro atoms. The van der Waals surface area contributed by atoms with Gasteiger partial charge in [-0.25, -0.2) is 14.1 Å². The highest BCUT2D eigenvalue weighted by Gasteiger charge is 2.12. The van der Waals surface area contributed by atoms with Crippen molar-refractivity contribution in [2.75, 3.05) is 6.54 Å². The summed E-state index contributed by atoms with van der Waals surface area (Å²) in [5.74, 6) is -0.538. The van der Waals surface area contributed by atoms with E-state index in [9.17, 15) is 14.0 Å². The van der Waals surface area contributed by atoms with Crippen molar-refractivity contribution in [3.8, 4) is 0 Å². The van der Waals surface area contributed by atoms with Crippen LogP contribution in [0.15, 0.2) is 59.8 Å². The fourth-order valence-corrected chi connectivity index (χ4v) is 3.34. The molecule has 0 radical (unpaired) electrons. The summed E-state index contributed by atoms with van der Waals surface area (Å²) < 4.78 is 16.8. The van der Waals surface area contributed by atoms with Gasteiger partial charge in [0.2, 0.25) is 0 Å². The lowest BCUT2D eigenvalue weighted by Gasteiger charge is -2.09. The van der Waals surface area contributed by atoms with E-state index in [4.69, 9.17) is 0 Å². The van der Waals surface area contributed by atoms with Crippen molar-refractivity contribution < 1.29 is 9.18 Å². The van der Waals surface area contributed by atoms with Crippen LogP contribution in [-0.2, 0) is 13.1 Å². The van der Waals surface area contributed by atoms with Gasteiger partial charge in [-0.05, 0) is 43.2 Å². The van der Waals surface area contributed by atoms with Gasteiger partial charge < -0.3 is 5.32 Å². The Hall–Kier alpha value is -3.81. The fraction of sp³-hybridized carbons (Fsp3) is 0.217. The molecule has 0 aliphatic heterocycles. The zero-order valence-electron chi connectivity index (χ0n) is 17.3. The van der Waals surface area contributed by atoms with Crippen LogP contribution in [0, 0.1) is 19.7 Å².